The van der Waals surface area contributed by atoms with Crippen LogP contribution in [0.1, 0.15) is 43.9 Å². The Morgan fingerprint density at radius 3 is 2.59 bits per heavy atom. The summed E-state index contributed by atoms with van der Waals surface area (Å²) in [4.78, 5) is 25.4. The molecule has 184 valence electrons. The number of aromatic nitrogens is 3. The van der Waals surface area contributed by atoms with Crippen LogP contribution in [-0.2, 0) is 0 Å². The van der Waals surface area contributed by atoms with Gasteiger partial charge in [0.25, 0.3) is 0 Å². The number of urea groups is 1. The molecule has 10 heteroatoms. The first-order chi connectivity index (χ1) is 15.5. The molecule has 0 bridgehead atoms. The molecule has 0 aliphatic heterocycles. The van der Waals surface area contributed by atoms with E-state index in [0.717, 1.165) is 35.3 Å². The lowest BCUT2D eigenvalue weighted by Crippen LogP contribution is -2.28. The van der Waals surface area contributed by atoms with E-state index >= 15 is 0 Å². The Bertz CT molecular complexity index is 1050. The summed E-state index contributed by atoms with van der Waals surface area (Å²) in [5, 5.41) is 9.06. The van der Waals surface area contributed by atoms with Crippen LogP contribution in [0.15, 0.2) is 48.9 Å². The van der Waals surface area contributed by atoms with Crippen LogP contribution in [0, 0.1) is 6.92 Å². The molecular weight excluding hydrogens is 475 g/mol. The summed E-state index contributed by atoms with van der Waals surface area (Å²) in [5.74, 6) is 1.88. The fourth-order valence-electron chi connectivity index (χ4n) is 3.35. The van der Waals surface area contributed by atoms with Crippen molar-refractivity contribution in [2.24, 2.45) is 0 Å². The molecule has 2 amide bonds. The van der Waals surface area contributed by atoms with Crippen molar-refractivity contribution in [1.29, 1.82) is 0 Å². The van der Waals surface area contributed by atoms with Gasteiger partial charge in [-0.3, -0.25) is 4.98 Å². The number of hydrogen-bond acceptors (Lipinski definition) is 6. The van der Waals surface area contributed by atoms with Gasteiger partial charge < -0.3 is 20.7 Å². The van der Waals surface area contributed by atoms with E-state index in [0.29, 0.717) is 23.8 Å². The first kappa shape index (κ1) is 28.9. The quantitative estimate of drug-likeness (QED) is 0.339. The third-order valence-electron chi connectivity index (χ3n) is 4.99. The monoisotopic (exact) mass is 506 g/mol. The number of nitrogens with zero attached hydrogens (tertiary/aromatic N) is 3. The van der Waals surface area contributed by atoms with Crippen molar-refractivity contribution in [3.8, 4) is 17.1 Å². The van der Waals surface area contributed by atoms with E-state index in [1.54, 1.807) is 19.4 Å². The van der Waals surface area contributed by atoms with Gasteiger partial charge in [-0.2, -0.15) is 0 Å². The first-order valence-corrected chi connectivity index (χ1v) is 10.8. The van der Waals surface area contributed by atoms with E-state index in [4.69, 9.17) is 9.72 Å². The second-order valence-electron chi connectivity index (χ2n) is 7.40. The number of nitrogens with one attached hydrogen (secondary N) is 3. The zero-order valence-corrected chi connectivity index (χ0v) is 21.4. The van der Waals surface area contributed by atoms with E-state index in [1.165, 1.54) is 0 Å². The number of ether oxygens (including phenoxy) is 1. The van der Waals surface area contributed by atoms with Crippen LogP contribution >= 0.6 is 24.8 Å². The molecule has 1 atom stereocenters. The van der Waals surface area contributed by atoms with Crippen molar-refractivity contribution in [2.45, 2.75) is 39.7 Å². The van der Waals surface area contributed by atoms with Gasteiger partial charge in [-0.05, 0) is 50.1 Å². The van der Waals surface area contributed by atoms with Crippen LogP contribution in [0.2, 0.25) is 0 Å². The van der Waals surface area contributed by atoms with Crippen LogP contribution in [0.5, 0.6) is 5.75 Å². The van der Waals surface area contributed by atoms with Gasteiger partial charge in [0.15, 0.2) is 5.82 Å². The standard InChI is InChI=1S/C24H30N6O2.2ClH/c1-5-8-19(18-9-7-12-25-15-18)28-22-16(3)14-27-23(30-22)17-10-11-20(21(13-17)32-4)29-24(31)26-6-2;;/h7,9-15,19H,5-6,8H2,1-4H3,(H2,26,29,31)(H,27,28,30);2*1H. The lowest BCUT2D eigenvalue weighted by atomic mass is 10.0. The SMILES string of the molecule is CCCC(Nc1nc(-c2ccc(NC(=O)NCC)c(OC)c2)ncc1C)c1cccnc1.Cl.Cl. The number of carbonyl (C=O) groups excluding carboxylic acids is 1. The summed E-state index contributed by atoms with van der Waals surface area (Å²) in [6.07, 6.45) is 7.46. The Kier molecular flexibility index (Phi) is 12.1. The van der Waals surface area contributed by atoms with Gasteiger partial charge in [-0.1, -0.05) is 19.4 Å². The molecule has 3 rings (SSSR count). The Morgan fingerprint density at radius 1 is 1.15 bits per heavy atom. The number of methoxy groups -OCH3 is 1. The molecule has 1 aromatic carbocycles. The van der Waals surface area contributed by atoms with Gasteiger partial charge in [0.2, 0.25) is 0 Å². The molecule has 3 aromatic rings. The molecule has 2 heterocycles. The number of anilines is 2. The van der Waals surface area contributed by atoms with Gasteiger partial charge >= 0.3 is 6.03 Å². The average Bonchev–Trinajstić information content (AvgIpc) is 2.81. The Balaban J connectivity index is 0.00000289. The third-order valence-corrected chi connectivity index (χ3v) is 4.99. The molecule has 3 N–H and O–H groups in total. The zero-order valence-electron chi connectivity index (χ0n) is 19.8. The first-order valence-electron chi connectivity index (χ1n) is 10.8. The number of benzene rings is 1. The maximum absolute atomic E-state index is 11.9. The molecule has 0 spiro atoms. The molecular formula is C24H32Cl2N6O2. The van der Waals surface area contributed by atoms with E-state index in [9.17, 15) is 4.79 Å². The summed E-state index contributed by atoms with van der Waals surface area (Å²) in [6.45, 7) is 6.54. The third kappa shape index (κ3) is 7.46. The molecule has 8 nitrogen and oxygen atoms in total. The number of aryl methyl sites for hydroxylation is 1. The highest BCUT2D eigenvalue weighted by Gasteiger charge is 2.15. The van der Waals surface area contributed by atoms with Gasteiger partial charge in [0.1, 0.15) is 11.6 Å². The Hall–Kier alpha value is -3.10. The summed E-state index contributed by atoms with van der Waals surface area (Å²) in [7, 11) is 1.56. The molecule has 2 aromatic heterocycles. The van der Waals surface area contributed by atoms with Crippen LogP contribution in [-0.4, -0.2) is 34.6 Å². The Labute approximate surface area is 213 Å². The molecule has 1 unspecified atom stereocenters. The molecule has 34 heavy (non-hydrogen) atoms. The van der Waals surface area contributed by atoms with E-state index in [-0.39, 0.29) is 36.9 Å². The Morgan fingerprint density at radius 2 is 1.94 bits per heavy atom. The number of carbonyl (C=O) groups is 1. The van der Waals surface area contributed by atoms with E-state index in [2.05, 4.69) is 38.9 Å². The number of rotatable bonds is 9. The largest absolute Gasteiger partial charge is 0.495 e. The molecule has 0 aliphatic carbocycles. The normalized spacial score (nSPS) is 10.8. The summed E-state index contributed by atoms with van der Waals surface area (Å²) in [5.41, 5.74) is 3.45. The topological polar surface area (TPSA) is 101 Å². The number of pyridine rings is 1. The molecule has 0 radical (unpaired) electrons. The summed E-state index contributed by atoms with van der Waals surface area (Å²) in [6, 6.07) is 9.31. The maximum atomic E-state index is 11.9. The van der Waals surface area contributed by atoms with Crippen molar-refractivity contribution in [3.63, 3.8) is 0 Å². The minimum absolute atomic E-state index is 0. The fourth-order valence-corrected chi connectivity index (χ4v) is 3.35. The minimum Gasteiger partial charge on any atom is -0.495 e. The van der Waals surface area contributed by atoms with Crippen molar-refractivity contribution in [1.82, 2.24) is 20.3 Å². The average molecular weight is 507 g/mol. The zero-order chi connectivity index (χ0) is 22.9. The molecule has 0 saturated heterocycles. The highest BCUT2D eigenvalue weighted by atomic mass is 35.5. The van der Waals surface area contributed by atoms with Gasteiger partial charge in [0, 0.05) is 36.3 Å². The van der Waals surface area contributed by atoms with Crippen molar-refractivity contribution in [2.75, 3.05) is 24.3 Å². The second-order valence-corrected chi connectivity index (χ2v) is 7.40. The minimum atomic E-state index is -0.283. The van der Waals surface area contributed by atoms with Gasteiger partial charge in [-0.25, -0.2) is 14.8 Å². The summed E-state index contributed by atoms with van der Waals surface area (Å²) >= 11 is 0. The predicted molar refractivity (Wildman–Crippen MR) is 141 cm³/mol. The van der Waals surface area contributed by atoms with Gasteiger partial charge in [-0.15, -0.1) is 24.8 Å². The highest BCUT2D eigenvalue weighted by molar-refractivity contribution is 5.91. The lowest BCUT2D eigenvalue weighted by Gasteiger charge is -2.20. The van der Waals surface area contributed by atoms with Crippen LogP contribution in [0.4, 0.5) is 16.3 Å². The highest BCUT2D eigenvalue weighted by Crippen LogP contribution is 2.31. The lowest BCUT2D eigenvalue weighted by molar-refractivity contribution is 0.252. The van der Waals surface area contributed by atoms with E-state index in [1.807, 2.05) is 44.4 Å². The van der Waals surface area contributed by atoms with Crippen LogP contribution < -0.4 is 20.7 Å². The maximum Gasteiger partial charge on any atom is 0.319 e. The summed E-state index contributed by atoms with van der Waals surface area (Å²) < 4.78 is 5.47. The number of halogens is 2. The van der Waals surface area contributed by atoms with Crippen molar-refractivity contribution < 1.29 is 9.53 Å². The molecule has 0 fully saturated rings. The molecule has 0 saturated carbocycles. The smallest absolute Gasteiger partial charge is 0.319 e. The fraction of sp³-hybridized carbons (Fsp3) is 0.333. The van der Waals surface area contributed by atoms with Crippen molar-refractivity contribution in [3.05, 3.63) is 60.0 Å². The second kappa shape index (κ2) is 14.2. The van der Waals surface area contributed by atoms with Gasteiger partial charge in [0.05, 0.1) is 18.8 Å². The van der Waals surface area contributed by atoms with E-state index < -0.39 is 0 Å². The number of amides is 2. The predicted octanol–water partition coefficient (Wildman–Crippen LogP) is 5.79. The van der Waals surface area contributed by atoms with Crippen LogP contribution in [0.25, 0.3) is 11.4 Å². The number of hydrogen-bond donors (Lipinski definition) is 3. The van der Waals surface area contributed by atoms with Crippen LogP contribution in [0.3, 0.4) is 0 Å². The van der Waals surface area contributed by atoms with Crippen molar-refractivity contribution >= 4 is 42.4 Å². The molecule has 0 aliphatic rings.